The summed E-state index contributed by atoms with van der Waals surface area (Å²) in [4.78, 5) is 23.7. The third kappa shape index (κ3) is 5.24. The predicted octanol–water partition coefficient (Wildman–Crippen LogP) is 3.35. The maximum atomic E-state index is 13.2. The molecule has 1 amide bonds. The van der Waals surface area contributed by atoms with Crippen molar-refractivity contribution in [3.63, 3.8) is 0 Å². The number of nitrogens with zero attached hydrogens (tertiary/aromatic N) is 3. The second-order valence-electron chi connectivity index (χ2n) is 8.12. The average molecular weight is 505 g/mol. The van der Waals surface area contributed by atoms with Gasteiger partial charge in [-0.1, -0.05) is 49.7 Å². The predicted molar refractivity (Wildman–Crippen MR) is 128 cm³/mol. The molecular weight excluding hydrogens is 480 g/mol. The van der Waals surface area contributed by atoms with Crippen LogP contribution in [0.2, 0.25) is 5.02 Å². The fourth-order valence-corrected chi connectivity index (χ4v) is 5.05. The number of nitrogens with one attached hydrogen (secondary N) is 1. The van der Waals surface area contributed by atoms with E-state index < -0.39 is 16.1 Å². The monoisotopic (exact) mass is 504 g/mol. The third-order valence-corrected chi connectivity index (χ3v) is 7.14. The molecule has 1 aliphatic rings. The minimum absolute atomic E-state index is 0.0637. The van der Waals surface area contributed by atoms with E-state index >= 15 is 0 Å². The minimum atomic E-state index is -4.11. The Bertz CT molecular complexity index is 1300. The highest BCUT2D eigenvalue weighted by atomic mass is 35.5. The standard InChI is InChI=1S/C23H25ClN4O5S/c1-15(2)20(23(29)28-11-13-32-14-12-28)33-22-21(25-17-8-4-5-9-18(17)26-22)27-34(30,31)19-10-6-3-7-16(19)24/h3-10,15,20H,11-14H2,1-2H3,(H,25,27). The first kappa shape index (κ1) is 24.2. The van der Waals surface area contributed by atoms with Crippen LogP contribution < -0.4 is 9.46 Å². The molecule has 2 heterocycles. The fraction of sp³-hybridized carbons (Fsp3) is 0.348. The van der Waals surface area contributed by atoms with Gasteiger partial charge in [0.25, 0.3) is 21.8 Å². The maximum Gasteiger partial charge on any atom is 0.264 e. The Kier molecular flexibility index (Phi) is 7.20. The van der Waals surface area contributed by atoms with E-state index in [1.165, 1.54) is 12.1 Å². The lowest BCUT2D eigenvalue weighted by atomic mass is 10.1. The van der Waals surface area contributed by atoms with Gasteiger partial charge >= 0.3 is 0 Å². The molecule has 0 bridgehead atoms. The molecule has 1 aromatic heterocycles. The van der Waals surface area contributed by atoms with Gasteiger partial charge in [-0.05, 0) is 30.2 Å². The van der Waals surface area contributed by atoms with Crippen LogP contribution in [0.4, 0.5) is 5.82 Å². The van der Waals surface area contributed by atoms with Crippen molar-refractivity contribution in [1.29, 1.82) is 0 Å². The Balaban J connectivity index is 1.73. The lowest BCUT2D eigenvalue weighted by molar-refractivity contribution is -0.144. The van der Waals surface area contributed by atoms with Crippen LogP contribution in [0.5, 0.6) is 5.88 Å². The summed E-state index contributed by atoms with van der Waals surface area (Å²) >= 11 is 6.12. The quantitative estimate of drug-likeness (QED) is 0.525. The number of hydrogen-bond acceptors (Lipinski definition) is 7. The summed E-state index contributed by atoms with van der Waals surface area (Å²) in [6.07, 6.45) is -0.892. The number of amides is 1. The number of ether oxygens (including phenoxy) is 2. The number of para-hydroxylation sites is 2. The summed E-state index contributed by atoms with van der Waals surface area (Å²) in [5, 5.41) is 0.0637. The van der Waals surface area contributed by atoms with Gasteiger partial charge in [0.05, 0.1) is 29.3 Å². The molecule has 4 rings (SSSR count). The summed E-state index contributed by atoms with van der Waals surface area (Å²) < 4.78 is 40.1. The van der Waals surface area contributed by atoms with Crippen molar-refractivity contribution in [2.75, 3.05) is 31.0 Å². The van der Waals surface area contributed by atoms with E-state index in [1.54, 1.807) is 41.3 Å². The van der Waals surface area contributed by atoms with Crippen LogP contribution in [0, 0.1) is 5.92 Å². The molecular formula is C23H25ClN4O5S. The van der Waals surface area contributed by atoms with Crippen LogP contribution in [0.15, 0.2) is 53.4 Å². The first-order chi connectivity index (χ1) is 16.3. The fourth-order valence-electron chi connectivity index (χ4n) is 3.53. The number of benzene rings is 2. The van der Waals surface area contributed by atoms with E-state index in [4.69, 9.17) is 21.1 Å². The second-order valence-corrected chi connectivity index (χ2v) is 10.2. The molecule has 9 nitrogen and oxygen atoms in total. The molecule has 0 saturated carbocycles. The van der Waals surface area contributed by atoms with Crippen molar-refractivity contribution in [1.82, 2.24) is 14.9 Å². The first-order valence-corrected chi connectivity index (χ1v) is 12.7. The normalized spacial score (nSPS) is 15.4. The number of sulfonamides is 1. The van der Waals surface area contributed by atoms with Crippen molar-refractivity contribution in [2.24, 2.45) is 5.92 Å². The van der Waals surface area contributed by atoms with Gasteiger partial charge < -0.3 is 14.4 Å². The van der Waals surface area contributed by atoms with Gasteiger partial charge in [-0.15, -0.1) is 0 Å². The van der Waals surface area contributed by atoms with Crippen LogP contribution in [0.1, 0.15) is 13.8 Å². The van der Waals surface area contributed by atoms with Gasteiger partial charge in [0.2, 0.25) is 5.82 Å². The number of hydrogen-bond donors (Lipinski definition) is 1. The van der Waals surface area contributed by atoms with Gasteiger partial charge in [0.1, 0.15) is 4.90 Å². The van der Waals surface area contributed by atoms with Gasteiger partial charge in [-0.25, -0.2) is 18.4 Å². The van der Waals surface area contributed by atoms with Gasteiger partial charge in [0.15, 0.2) is 6.10 Å². The van der Waals surface area contributed by atoms with Crippen molar-refractivity contribution in [3.8, 4) is 5.88 Å². The molecule has 3 aromatic rings. The molecule has 1 saturated heterocycles. The minimum Gasteiger partial charge on any atom is -0.461 e. The van der Waals surface area contributed by atoms with E-state index in [0.29, 0.717) is 37.3 Å². The Morgan fingerprint density at radius 3 is 2.32 bits per heavy atom. The molecule has 2 aromatic carbocycles. The van der Waals surface area contributed by atoms with E-state index in [9.17, 15) is 13.2 Å². The SMILES string of the molecule is CC(C)C(Oc1nc2ccccc2nc1NS(=O)(=O)c1ccccc1Cl)C(=O)N1CCOCC1. The number of aromatic nitrogens is 2. The second kappa shape index (κ2) is 10.1. The zero-order valence-corrected chi connectivity index (χ0v) is 20.3. The first-order valence-electron chi connectivity index (χ1n) is 10.8. The molecule has 34 heavy (non-hydrogen) atoms. The summed E-state index contributed by atoms with van der Waals surface area (Å²) in [7, 11) is -4.11. The van der Waals surface area contributed by atoms with E-state index in [2.05, 4.69) is 14.7 Å². The molecule has 180 valence electrons. The zero-order chi connectivity index (χ0) is 24.3. The highest BCUT2D eigenvalue weighted by Crippen LogP contribution is 2.30. The van der Waals surface area contributed by atoms with Crippen LogP contribution in [0.3, 0.4) is 0 Å². The summed E-state index contributed by atoms with van der Waals surface area (Å²) in [6, 6.07) is 13.1. The zero-order valence-electron chi connectivity index (χ0n) is 18.8. The van der Waals surface area contributed by atoms with Crippen molar-refractivity contribution in [3.05, 3.63) is 53.6 Å². The summed E-state index contributed by atoms with van der Waals surface area (Å²) in [6.45, 7) is 5.53. The Morgan fingerprint density at radius 1 is 1.06 bits per heavy atom. The number of halogens is 1. The number of fused-ring (bicyclic) bond motifs is 1. The molecule has 0 aliphatic carbocycles. The van der Waals surface area contributed by atoms with Gasteiger partial charge in [-0.3, -0.25) is 9.52 Å². The molecule has 0 spiro atoms. The van der Waals surface area contributed by atoms with Crippen LogP contribution >= 0.6 is 11.6 Å². The maximum absolute atomic E-state index is 13.2. The molecule has 11 heteroatoms. The molecule has 0 radical (unpaired) electrons. The lowest BCUT2D eigenvalue weighted by Crippen LogP contribution is -2.49. The number of carbonyl (C=O) groups excluding carboxylic acids is 1. The van der Waals surface area contributed by atoms with Crippen LogP contribution in [0.25, 0.3) is 11.0 Å². The van der Waals surface area contributed by atoms with E-state index in [1.807, 2.05) is 13.8 Å². The topological polar surface area (TPSA) is 111 Å². The van der Waals surface area contributed by atoms with E-state index in [-0.39, 0.29) is 33.4 Å². The Hall–Kier alpha value is -2.95. The number of anilines is 1. The highest BCUT2D eigenvalue weighted by molar-refractivity contribution is 7.92. The van der Waals surface area contributed by atoms with Gasteiger partial charge in [-0.2, -0.15) is 0 Å². The smallest absolute Gasteiger partial charge is 0.264 e. The van der Waals surface area contributed by atoms with Crippen LogP contribution in [-0.4, -0.2) is 61.6 Å². The highest BCUT2D eigenvalue weighted by Gasteiger charge is 2.32. The van der Waals surface area contributed by atoms with Crippen molar-refractivity contribution < 1.29 is 22.7 Å². The molecule has 1 fully saturated rings. The largest absolute Gasteiger partial charge is 0.461 e. The van der Waals surface area contributed by atoms with E-state index in [0.717, 1.165) is 0 Å². The van der Waals surface area contributed by atoms with Crippen molar-refractivity contribution in [2.45, 2.75) is 24.8 Å². The Morgan fingerprint density at radius 2 is 1.68 bits per heavy atom. The molecule has 1 atom stereocenters. The van der Waals surface area contributed by atoms with Crippen molar-refractivity contribution >= 4 is 44.4 Å². The molecule has 1 N–H and O–H groups in total. The molecule has 1 unspecified atom stereocenters. The summed E-state index contributed by atoms with van der Waals surface area (Å²) in [5.74, 6) is -0.640. The summed E-state index contributed by atoms with van der Waals surface area (Å²) in [5.41, 5.74) is 0.965. The third-order valence-electron chi connectivity index (χ3n) is 5.31. The van der Waals surface area contributed by atoms with Gasteiger partial charge in [0, 0.05) is 13.1 Å². The lowest BCUT2D eigenvalue weighted by Gasteiger charge is -2.32. The Labute approximate surface area is 203 Å². The van der Waals surface area contributed by atoms with Crippen LogP contribution in [-0.2, 0) is 19.6 Å². The average Bonchev–Trinajstić information content (AvgIpc) is 2.82. The number of rotatable bonds is 7. The number of morpholine rings is 1. The number of carbonyl (C=O) groups is 1. The molecule has 1 aliphatic heterocycles.